The average Bonchev–Trinajstić information content (AvgIpc) is 2.83. The van der Waals surface area contributed by atoms with Crippen molar-refractivity contribution < 1.29 is 24.4 Å². The lowest BCUT2D eigenvalue weighted by Gasteiger charge is -2.13. The van der Waals surface area contributed by atoms with E-state index < -0.39 is 29.4 Å². The van der Waals surface area contributed by atoms with Crippen LogP contribution >= 0.6 is 0 Å². The maximum atomic E-state index is 11.5. The second kappa shape index (κ2) is 6.44. The Labute approximate surface area is 107 Å². The lowest BCUT2D eigenvalue weighted by molar-refractivity contribution is -0.385. The van der Waals surface area contributed by atoms with Gasteiger partial charge in [-0.3, -0.25) is 19.6 Å². The minimum Gasteiger partial charge on any atom is -0.467 e. The van der Waals surface area contributed by atoms with Gasteiger partial charge in [0.2, 0.25) is 5.91 Å². The van der Waals surface area contributed by atoms with Crippen molar-refractivity contribution in [3.63, 3.8) is 0 Å². The second-order valence-corrected chi connectivity index (χ2v) is 3.48. The SMILES string of the molecule is COC(=O)[C@H](CO)NC(=O)Cn1cc([N+](=O)[O-])cn1. The number of nitrogens with one attached hydrogen (secondary N) is 1. The fourth-order valence-electron chi connectivity index (χ4n) is 1.24. The number of rotatable bonds is 6. The summed E-state index contributed by atoms with van der Waals surface area (Å²) in [4.78, 5) is 32.4. The molecule has 1 heterocycles. The number of ether oxygens (including phenoxy) is 1. The van der Waals surface area contributed by atoms with Crippen molar-refractivity contribution in [3.8, 4) is 0 Å². The molecule has 1 aromatic rings. The Kier molecular flexibility index (Phi) is 4.94. The molecular formula is C9H12N4O6. The van der Waals surface area contributed by atoms with Crippen LogP contribution in [0.4, 0.5) is 5.69 Å². The first-order chi connectivity index (χ1) is 8.97. The number of nitrogens with zero attached hydrogens (tertiary/aromatic N) is 3. The molecule has 0 spiro atoms. The van der Waals surface area contributed by atoms with Crippen LogP contribution in [0.15, 0.2) is 12.4 Å². The number of esters is 1. The second-order valence-electron chi connectivity index (χ2n) is 3.48. The van der Waals surface area contributed by atoms with Crippen molar-refractivity contribution in [2.45, 2.75) is 12.6 Å². The van der Waals surface area contributed by atoms with E-state index in [2.05, 4.69) is 15.2 Å². The maximum absolute atomic E-state index is 11.5. The summed E-state index contributed by atoms with van der Waals surface area (Å²) in [6.07, 6.45) is 2.07. The van der Waals surface area contributed by atoms with E-state index in [1.807, 2.05) is 0 Å². The van der Waals surface area contributed by atoms with Gasteiger partial charge in [-0.05, 0) is 0 Å². The zero-order valence-corrected chi connectivity index (χ0v) is 9.98. The number of nitro groups is 1. The highest BCUT2D eigenvalue weighted by Crippen LogP contribution is 2.07. The van der Waals surface area contributed by atoms with Gasteiger partial charge in [-0.15, -0.1) is 0 Å². The van der Waals surface area contributed by atoms with Crippen LogP contribution in [0.25, 0.3) is 0 Å². The van der Waals surface area contributed by atoms with Gasteiger partial charge in [0.05, 0.1) is 18.6 Å². The number of hydrogen-bond acceptors (Lipinski definition) is 7. The normalized spacial score (nSPS) is 11.7. The van der Waals surface area contributed by atoms with E-state index in [4.69, 9.17) is 5.11 Å². The van der Waals surface area contributed by atoms with Crippen LogP contribution in [-0.2, 0) is 20.9 Å². The molecule has 0 aliphatic rings. The molecule has 104 valence electrons. The van der Waals surface area contributed by atoms with Crippen molar-refractivity contribution in [1.29, 1.82) is 0 Å². The first kappa shape index (κ1) is 14.6. The molecule has 0 saturated heterocycles. The Morgan fingerprint density at radius 1 is 1.68 bits per heavy atom. The summed E-state index contributed by atoms with van der Waals surface area (Å²) in [5.74, 6) is -1.43. The van der Waals surface area contributed by atoms with Gasteiger partial charge < -0.3 is 15.2 Å². The number of carbonyl (C=O) groups excluding carboxylic acids is 2. The highest BCUT2D eigenvalue weighted by Gasteiger charge is 2.21. The summed E-state index contributed by atoms with van der Waals surface area (Å²) in [5, 5.41) is 25.1. The third kappa shape index (κ3) is 4.03. The Morgan fingerprint density at radius 2 is 2.37 bits per heavy atom. The summed E-state index contributed by atoms with van der Waals surface area (Å²) in [6.45, 7) is -0.932. The summed E-state index contributed by atoms with van der Waals surface area (Å²) in [7, 11) is 1.12. The van der Waals surface area contributed by atoms with E-state index >= 15 is 0 Å². The van der Waals surface area contributed by atoms with Gasteiger partial charge in [0.1, 0.15) is 18.9 Å². The largest absolute Gasteiger partial charge is 0.467 e. The fourth-order valence-corrected chi connectivity index (χ4v) is 1.24. The van der Waals surface area contributed by atoms with Gasteiger partial charge >= 0.3 is 11.7 Å². The molecule has 1 atom stereocenters. The number of methoxy groups -OCH3 is 1. The lowest BCUT2D eigenvalue weighted by atomic mass is 10.3. The van der Waals surface area contributed by atoms with Crippen LogP contribution in [0.2, 0.25) is 0 Å². The zero-order chi connectivity index (χ0) is 14.4. The van der Waals surface area contributed by atoms with Gasteiger partial charge in [-0.1, -0.05) is 0 Å². The van der Waals surface area contributed by atoms with Crippen molar-refractivity contribution >= 4 is 17.6 Å². The van der Waals surface area contributed by atoms with Gasteiger partial charge in [0.15, 0.2) is 6.04 Å². The molecule has 0 unspecified atom stereocenters. The third-order valence-electron chi connectivity index (χ3n) is 2.14. The smallest absolute Gasteiger partial charge is 0.330 e. The van der Waals surface area contributed by atoms with Crippen LogP contribution in [0, 0.1) is 10.1 Å². The molecule has 2 N–H and O–H groups in total. The molecule has 1 rings (SSSR count). The summed E-state index contributed by atoms with van der Waals surface area (Å²) < 4.78 is 5.41. The van der Waals surface area contributed by atoms with Crippen LogP contribution in [0.1, 0.15) is 0 Å². The van der Waals surface area contributed by atoms with Gasteiger partial charge in [0.25, 0.3) is 0 Å². The minimum atomic E-state index is -1.18. The molecular weight excluding hydrogens is 260 g/mol. The minimum absolute atomic E-state index is 0.250. The first-order valence-corrected chi connectivity index (χ1v) is 5.12. The van der Waals surface area contributed by atoms with Crippen molar-refractivity contribution in [3.05, 3.63) is 22.5 Å². The number of amides is 1. The number of hydrogen-bond donors (Lipinski definition) is 2. The van der Waals surface area contributed by atoms with Crippen LogP contribution in [0.3, 0.4) is 0 Å². The molecule has 1 aromatic heterocycles. The summed E-state index contributed by atoms with van der Waals surface area (Å²) in [5.41, 5.74) is -0.250. The van der Waals surface area contributed by atoms with Crippen molar-refractivity contribution in [2.75, 3.05) is 13.7 Å². The molecule has 10 heteroatoms. The highest BCUT2D eigenvalue weighted by molar-refractivity contribution is 5.84. The van der Waals surface area contributed by atoms with E-state index in [1.54, 1.807) is 0 Å². The third-order valence-corrected chi connectivity index (χ3v) is 2.14. The molecule has 1 amide bonds. The number of aliphatic hydroxyl groups is 1. The topological polar surface area (TPSA) is 137 Å². The van der Waals surface area contributed by atoms with Gasteiger partial charge in [-0.2, -0.15) is 5.10 Å². The van der Waals surface area contributed by atoms with Crippen molar-refractivity contribution in [1.82, 2.24) is 15.1 Å². The summed E-state index contributed by atoms with van der Waals surface area (Å²) >= 11 is 0. The van der Waals surface area contributed by atoms with E-state index in [0.29, 0.717) is 0 Å². The Balaban J connectivity index is 2.58. The van der Waals surface area contributed by atoms with Crippen LogP contribution < -0.4 is 5.32 Å². The molecule has 0 aromatic carbocycles. The molecule has 0 radical (unpaired) electrons. The Bertz CT molecular complexity index is 485. The van der Waals surface area contributed by atoms with Crippen molar-refractivity contribution in [2.24, 2.45) is 0 Å². The molecule has 10 nitrogen and oxygen atoms in total. The molecule has 0 bridgehead atoms. The average molecular weight is 272 g/mol. The van der Waals surface area contributed by atoms with E-state index in [-0.39, 0.29) is 12.2 Å². The van der Waals surface area contributed by atoms with E-state index in [1.165, 1.54) is 0 Å². The van der Waals surface area contributed by atoms with E-state index in [9.17, 15) is 19.7 Å². The lowest BCUT2D eigenvalue weighted by Crippen LogP contribution is -2.45. The van der Waals surface area contributed by atoms with Crippen LogP contribution in [-0.4, -0.2) is 51.4 Å². The van der Waals surface area contributed by atoms with Crippen LogP contribution in [0.5, 0.6) is 0 Å². The standard InChI is InChI=1S/C9H12N4O6/c1-19-9(16)7(5-14)11-8(15)4-12-3-6(2-10-12)13(17)18/h2-3,7,14H,4-5H2,1H3,(H,11,15)/t7-/m0/s1. The quantitative estimate of drug-likeness (QED) is 0.363. The maximum Gasteiger partial charge on any atom is 0.330 e. The number of carbonyl (C=O) groups is 2. The molecule has 0 aliphatic heterocycles. The molecule has 0 fully saturated rings. The molecule has 19 heavy (non-hydrogen) atoms. The predicted octanol–water partition coefficient (Wildman–Crippen LogP) is -1.56. The Hall–Kier alpha value is -2.49. The fraction of sp³-hybridized carbons (Fsp3) is 0.444. The zero-order valence-electron chi connectivity index (χ0n) is 9.98. The number of aromatic nitrogens is 2. The first-order valence-electron chi connectivity index (χ1n) is 5.12. The predicted molar refractivity (Wildman–Crippen MR) is 59.9 cm³/mol. The van der Waals surface area contributed by atoms with E-state index in [0.717, 1.165) is 24.2 Å². The molecule has 0 saturated carbocycles. The Morgan fingerprint density at radius 3 is 2.84 bits per heavy atom. The van der Waals surface area contributed by atoms with Gasteiger partial charge in [0, 0.05) is 0 Å². The monoisotopic (exact) mass is 272 g/mol. The summed E-state index contributed by atoms with van der Waals surface area (Å²) in [6, 6.07) is -1.18. The molecule has 0 aliphatic carbocycles. The number of aliphatic hydroxyl groups excluding tert-OH is 1. The highest BCUT2D eigenvalue weighted by atomic mass is 16.6. The van der Waals surface area contributed by atoms with Gasteiger partial charge in [-0.25, -0.2) is 4.79 Å².